The maximum absolute atomic E-state index is 5.67. The molecule has 3 rings (SSSR count). The van der Waals surface area contributed by atoms with E-state index in [2.05, 4.69) is 60.1 Å². The van der Waals surface area contributed by atoms with E-state index in [1.54, 1.807) is 0 Å². The Kier molecular flexibility index (Phi) is 10.7. The summed E-state index contributed by atoms with van der Waals surface area (Å²) in [6.07, 6.45) is 8.53. The van der Waals surface area contributed by atoms with Crippen molar-refractivity contribution in [1.82, 2.24) is 16.0 Å². The Labute approximate surface area is 193 Å². The van der Waals surface area contributed by atoms with Gasteiger partial charge in [0.25, 0.3) is 0 Å². The van der Waals surface area contributed by atoms with Crippen molar-refractivity contribution in [3.05, 3.63) is 35.9 Å². The molecule has 1 aromatic rings. The molecule has 0 aromatic heterocycles. The van der Waals surface area contributed by atoms with Gasteiger partial charge in [-0.1, -0.05) is 49.6 Å². The highest BCUT2D eigenvalue weighted by atomic mass is 127. The minimum atomic E-state index is -0.0115. The lowest BCUT2D eigenvalue weighted by molar-refractivity contribution is 0.0374. The number of halogens is 1. The van der Waals surface area contributed by atoms with E-state index in [-0.39, 0.29) is 29.5 Å². The Morgan fingerprint density at radius 1 is 1.14 bits per heavy atom. The molecule has 164 valence electrons. The maximum atomic E-state index is 5.67. The van der Waals surface area contributed by atoms with Gasteiger partial charge in [0.05, 0.1) is 6.54 Å². The minimum absolute atomic E-state index is 0. The van der Waals surface area contributed by atoms with Crippen LogP contribution in [0.25, 0.3) is 0 Å². The highest BCUT2D eigenvalue weighted by Gasteiger charge is 2.34. The second-order valence-corrected chi connectivity index (χ2v) is 8.34. The molecule has 5 nitrogen and oxygen atoms in total. The maximum Gasteiger partial charge on any atom is 0.191 e. The van der Waals surface area contributed by atoms with Crippen LogP contribution < -0.4 is 16.0 Å². The topological polar surface area (TPSA) is 57.7 Å². The third-order valence-electron chi connectivity index (χ3n) is 6.10. The summed E-state index contributed by atoms with van der Waals surface area (Å²) in [4.78, 5) is 5.03. The quantitative estimate of drug-likeness (QED) is 0.287. The van der Waals surface area contributed by atoms with Gasteiger partial charge in [-0.05, 0) is 45.1 Å². The first-order chi connectivity index (χ1) is 13.7. The van der Waals surface area contributed by atoms with Crippen molar-refractivity contribution in [2.75, 3.05) is 26.3 Å². The summed E-state index contributed by atoms with van der Waals surface area (Å²) in [6.45, 7) is 7.66. The van der Waals surface area contributed by atoms with Gasteiger partial charge in [0.15, 0.2) is 5.96 Å². The number of aliphatic imine (C=N–C) groups is 1. The highest BCUT2D eigenvalue weighted by Crippen LogP contribution is 2.26. The zero-order valence-corrected chi connectivity index (χ0v) is 20.4. The van der Waals surface area contributed by atoms with E-state index < -0.39 is 0 Å². The average Bonchev–Trinajstić information content (AvgIpc) is 2.74. The zero-order valence-electron chi connectivity index (χ0n) is 18.1. The minimum Gasteiger partial charge on any atom is -0.381 e. The van der Waals surface area contributed by atoms with Crippen molar-refractivity contribution >= 4 is 29.9 Å². The van der Waals surface area contributed by atoms with Crippen LogP contribution in [0.4, 0.5) is 0 Å². The number of guanidine groups is 1. The molecule has 0 spiro atoms. The Morgan fingerprint density at radius 3 is 2.48 bits per heavy atom. The summed E-state index contributed by atoms with van der Waals surface area (Å²) in [5.41, 5.74) is 1.31. The molecular weight excluding hydrogens is 475 g/mol. The van der Waals surface area contributed by atoms with E-state index >= 15 is 0 Å². The van der Waals surface area contributed by atoms with Crippen molar-refractivity contribution in [2.24, 2.45) is 4.99 Å². The van der Waals surface area contributed by atoms with Crippen LogP contribution in [0.1, 0.15) is 70.4 Å². The first kappa shape index (κ1) is 24.4. The number of benzene rings is 1. The van der Waals surface area contributed by atoms with Crippen molar-refractivity contribution < 1.29 is 4.74 Å². The molecule has 1 aliphatic carbocycles. The SMILES string of the molecule is CCNC(=NCC1(NC(C)c2ccccc2)CCOCC1)NC1CCCCC1.I. The van der Waals surface area contributed by atoms with Gasteiger partial charge in [0.1, 0.15) is 0 Å². The molecule has 2 aliphatic rings. The van der Waals surface area contributed by atoms with Crippen molar-refractivity contribution in [1.29, 1.82) is 0 Å². The number of ether oxygens (including phenoxy) is 1. The van der Waals surface area contributed by atoms with Gasteiger partial charge in [0.2, 0.25) is 0 Å². The predicted octanol–water partition coefficient (Wildman–Crippen LogP) is 4.39. The first-order valence-electron chi connectivity index (χ1n) is 11.2. The van der Waals surface area contributed by atoms with Gasteiger partial charge in [0, 0.05) is 37.4 Å². The molecule has 3 N–H and O–H groups in total. The van der Waals surface area contributed by atoms with Gasteiger partial charge in [-0.15, -0.1) is 24.0 Å². The van der Waals surface area contributed by atoms with Gasteiger partial charge in [-0.25, -0.2) is 0 Å². The Hall–Kier alpha value is -0.860. The molecular formula is C23H39IN4O. The molecule has 0 bridgehead atoms. The van der Waals surface area contributed by atoms with Crippen molar-refractivity contribution in [2.45, 2.75) is 76.4 Å². The molecule has 0 amide bonds. The molecule has 1 saturated heterocycles. The average molecular weight is 514 g/mol. The van der Waals surface area contributed by atoms with Crippen LogP contribution in [0.5, 0.6) is 0 Å². The number of rotatable bonds is 7. The summed E-state index contributed by atoms with van der Waals surface area (Å²) in [6, 6.07) is 11.5. The number of nitrogens with zero attached hydrogens (tertiary/aromatic N) is 1. The first-order valence-corrected chi connectivity index (χ1v) is 11.2. The number of nitrogens with one attached hydrogen (secondary N) is 3. The van der Waals surface area contributed by atoms with Crippen molar-refractivity contribution in [3.8, 4) is 0 Å². The van der Waals surface area contributed by atoms with Crippen LogP contribution >= 0.6 is 24.0 Å². The van der Waals surface area contributed by atoms with Crippen LogP contribution in [0, 0.1) is 0 Å². The van der Waals surface area contributed by atoms with E-state index in [0.717, 1.165) is 45.1 Å². The third-order valence-corrected chi connectivity index (χ3v) is 6.10. The summed E-state index contributed by atoms with van der Waals surface area (Å²) in [5.74, 6) is 0.967. The monoisotopic (exact) mass is 514 g/mol. The Balaban J connectivity index is 0.00000300. The van der Waals surface area contributed by atoms with Crippen LogP contribution in [0.2, 0.25) is 0 Å². The Morgan fingerprint density at radius 2 is 1.83 bits per heavy atom. The highest BCUT2D eigenvalue weighted by molar-refractivity contribution is 14.0. The van der Waals surface area contributed by atoms with Gasteiger partial charge in [-0.2, -0.15) is 0 Å². The zero-order chi connectivity index (χ0) is 19.7. The number of hydrogen-bond donors (Lipinski definition) is 3. The van der Waals surface area contributed by atoms with Gasteiger partial charge >= 0.3 is 0 Å². The lowest BCUT2D eigenvalue weighted by atomic mass is 9.88. The van der Waals surface area contributed by atoms with Crippen LogP contribution in [-0.4, -0.2) is 43.8 Å². The molecule has 1 heterocycles. The Bertz CT molecular complexity index is 598. The normalized spacial score (nSPS) is 21.1. The van der Waals surface area contributed by atoms with E-state index in [1.165, 1.54) is 37.7 Å². The van der Waals surface area contributed by atoms with Crippen LogP contribution in [0.3, 0.4) is 0 Å². The molecule has 0 radical (unpaired) electrons. The predicted molar refractivity (Wildman–Crippen MR) is 132 cm³/mol. The molecule has 1 aromatic carbocycles. The molecule has 29 heavy (non-hydrogen) atoms. The van der Waals surface area contributed by atoms with Gasteiger partial charge in [-0.3, -0.25) is 4.99 Å². The fourth-order valence-electron chi connectivity index (χ4n) is 4.39. The third kappa shape index (κ3) is 7.72. The van der Waals surface area contributed by atoms with Crippen LogP contribution in [0.15, 0.2) is 35.3 Å². The van der Waals surface area contributed by atoms with E-state index in [9.17, 15) is 0 Å². The fourth-order valence-corrected chi connectivity index (χ4v) is 4.39. The molecule has 6 heteroatoms. The summed E-state index contributed by atoms with van der Waals surface area (Å²) >= 11 is 0. The van der Waals surface area contributed by atoms with Crippen LogP contribution in [-0.2, 0) is 4.74 Å². The standard InChI is InChI=1S/C23H38N4O.HI/c1-3-24-22(26-21-12-8-5-9-13-21)25-18-23(14-16-28-17-15-23)27-19(2)20-10-6-4-7-11-20;/h4,6-7,10-11,19,21,27H,3,5,8-9,12-18H2,1-2H3,(H2,24,25,26);1H. The molecule has 1 unspecified atom stereocenters. The summed E-state index contributed by atoms with van der Waals surface area (Å²) in [5, 5.41) is 11.0. The second kappa shape index (κ2) is 12.7. The smallest absolute Gasteiger partial charge is 0.191 e. The fraction of sp³-hybridized carbons (Fsp3) is 0.696. The molecule has 1 atom stereocenters. The van der Waals surface area contributed by atoms with Crippen molar-refractivity contribution in [3.63, 3.8) is 0 Å². The van der Waals surface area contributed by atoms with Gasteiger partial charge < -0.3 is 20.7 Å². The molecule has 1 saturated carbocycles. The lowest BCUT2D eigenvalue weighted by Crippen LogP contribution is -2.53. The van der Waals surface area contributed by atoms with E-state index in [4.69, 9.17) is 9.73 Å². The second-order valence-electron chi connectivity index (χ2n) is 8.34. The summed E-state index contributed by atoms with van der Waals surface area (Å²) < 4.78 is 5.67. The number of hydrogen-bond acceptors (Lipinski definition) is 3. The largest absolute Gasteiger partial charge is 0.381 e. The molecule has 2 fully saturated rings. The lowest BCUT2D eigenvalue weighted by Gasteiger charge is -2.39. The summed E-state index contributed by atoms with van der Waals surface area (Å²) in [7, 11) is 0. The van der Waals surface area contributed by atoms with E-state index in [1.807, 2.05) is 0 Å². The van der Waals surface area contributed by atoms with E-state index in [0.29, 0.717) is 12.1 Å². The molecule has 1 aliphatic heterocycles.